The van der Waals surface area contributed by atoms with Crippen molar-refractivity contribution in [3.8, 4) is 33.8 Å². The van der Waals surface area contributed by atoms with E-state index in [1.165, 1.54) is 7.11 Å². The van der Waals surface area contributed by atoms with Gasteiger partial charge in [0, 0.05) is 6.42 Å². The summed E-state index contributed by atoms with van der Waals surface area (Å²) >= 11 is 0. The van der Waals surface area contributed by atoms with E-state index in [2.05, 4.69) is 25.6 Å². The van der Waals surface area contributed by atoms with Crippen molar-refractivity contribution >= 4 is 5.97 Å². The fourth-order valence-corrected chi connectivity index (χ4v) is 4.13. The minimum atomic E-state index is -4.10. The molecule has 3 aromatic carbocycles. The van der Waals surface area contributed by atoms with Gasteiger partial charge in [-0.15, -0.1) is 0 Å². The number of methoxy groups -OCH3 is 1. The Labute approximate surface area is 226 Å². The lowest BCUT2D eigenvalue weighted by molar-refractivity contribution is -0.146. The molecule has 208 valence electrons. The van der Waals surface area contributed by atoms with E-state index >= 15 is 0 Å². The van der Waals surface area contributed by atoms with Crippen LogP contribution in [-0.2, 0) is 22.4 Å². The van der Waals surface area contributed by atoms with Gasteiger partial charge in [0.15, 0.2) is 11.5 Å². The molecule has 0 spiro atoms. The van der Waals surface area contributed by atoms with Gasteiger partial charge in [0.05, 0.1) is 19.3 Å². The molecule has 0 aliphatic heterocycles. The monoisotopic (exact) mass is 542 g/mol. The molecule has 0 fully saturated rings. The summed E-state index contributed by atoms with van der Waals surface area (Å²) in [5, 5.41) is 8.94. The molecule has 0 atom stereocenters. The number of ether oxygens (including phenoxy) is 3. The van der Waals surface area contributed by atoms with Crippen LogP contribution in [0.3, 0.4) is 0 Å². The number of hydrogen-bond donors (Lipinski definition) is 1. The third kappa shape index (κ3) is 8.61. The highest BCUT2D eigenvalue weighted by molar-refractivity contribution is 5.87. The Morgan fingerprint density at radius 3 is 2.23 bits per heavy atom. The van der Waals surface area contributed by atoms with Crippen molar-refractivity contribution in [2.24, 2.45) is 0 Å². The Kier molecular flexibility index (Phi) is 10.6. The van der Waals surface area contributed by atoms with Crippen LogP contribution < -0.4 is 9.47 Å². The van der Waals surface area contributed by atoms with Gasteiger partial charge in [-0.05, 0) is 71.2 Å². The third-order valence-corrected chi connectivity index (χ3v) is 6.31. The molecule has 3 rings (SSSR count). The van der Waals surface area contributed by atoms with Crippen LogP contribution in [0, 0.1) is 0 Å². The summed E-state index contributed by atoms with van der Waals surface area (Å²) in [7, 11) is 1.52. The number of alkyl halides is 3. The second-order valence-corrected chi connectivity index (χ2v) is 9.07. The van der Waals surface area contributed by atoms with Crippen molar-refractivity contribution in [1.29, 1.82) is 0 Å². The van der Waals surface area contributed by atoms with Crippen LogP contribution in [0.2, 0.25) is 0 Å². The zero-order valence-corrected chi connectivity index (χ0v) is 22.1. The number of aryl methyl sites for hydroxylation is 2. The first-order valence-electron chi connectivity index (χ1n) is 12.7. The van der Waals surface area contributed by atoms with Crippen LogP contribution in [0.4, 0.5) is 13.2 Å². The standard InChI is InChI=1S/C31H33F3O5/c1-4-23-17-25(26-13-15-28(29(18-26)37-3)38-20-39-30(36)21(2)19-35)12-14-27(23)24-10-8-22(9-11-24)7-5-6-16-31(32,33)34/h8-15,17-18,35H,2,4-7,16,19-20H2,1,3H3. The maximum Gasteiger partial charge on any atom is 0.389 e. The van der Waals surface area contributed by atoms with Crippen LogP contribution in [-0.4, -0.2) is 37.8 Å². The normalized spacial score (nSPS) is 11.2. The lowest BCUT2D eigenvalue weighted by Gasteiger charge is -2.15. The van der Waals surface area contributed by atoms with Gasteiger partial charge >= 0.3 is 12.1 Å². The molecule has 0 amide bonds. The Bertz CT molecular complexity index is 1270. The highest BCUT2D eigenvalue weighted by atomic mass is 19.4. The van der Waals surface area contributed by atoms with Crippen molar-refractivity contribution in [2.75, 3.05) is 20.5 Å². The van der Waals surface area contributed by atoms with Gasteiger partial charge in [-0.1, -0.05) is 62.0 Å². The van der Waals surface area contributed by atoms with Gasteiger partial charge in [0.25, 0.3) is 0 Å². The molecule has 0 aromatic heterocycles. The molecule has 8 heteroatoms. The summed E-state index contributed by atoms with van der Waals surface area (Å²) in [5.74, 6) is 0.128. The van der Waals surface area contributed by atoms with Crippen LogP contribution in [0.1, 0.15) is 37.3 Å². The minimum absolute atomic E-state index is 0.0631. The number of rotatable bonds is 13. The van der Waals surface area contributed by atoms with E-state index in [1.807, 2.05) is 42.5 Å². The van der Waals surface area contributed by atoms with Crippen molar-refractivity contribution < 1.29 is 37.3 Å². The predicted octanol–water partition coefficient (Wildman–Crippen LogP) is 7.29. The molecule has 0 heterocycles. The number of unbranched alkanes of at least 4 members (excludes halogenated alkanes) is 1. The summed E-state index contributed by atoms with van der Waals surface area (Å²) in [6, 6.07) is 19.7. The smallest absolute Gasteiger partial charge is 0.389 e. The molecule has 1 N–H and O–H groups in total. The zero-order valence-electron chi connectivity index (χ0n) is 22.1. The molecule has 0 bridgehead atoms. The third-order valence-electron chi connectivity index (χ3n) is 6.31. The lowest BCUT2D eigenvalue weighted by Crippen LogP contribution is -2.14. The first-order valence-corrected chi connectivity index (χ1v) is 12.7. The summed E-state index contributed by atoms with van der Waals surface area (Å²) in [6.45, 7) is 4.65. The Morgan fingerprint density at radius 1 is 0.923 bits per heavy atom. The van der Waals surface area contributed by atoms with Crippen molar-refractivity contribution in [3.05, 3.63) is 83.9 Å². The maximum atomic E-state index is 12.4. The van der Waals surface area contributed by atoms with Crippen molar-refractivity contribution in [2.45, 2.75) is 45.2 Å². The highest BCUT2D eigenvalue weighted by Gasteiger charge is 2.25. The fraction of sp³-hybridized carbons (Fsp3) is 0.323. The van der Waals surface area contributed by atoms with Crippen LogP contribution in [0.5, 0.6) is 11.5 Å². The quantitative estimate of drug-likeness (QED) is 0.106. The first kappa shape index (κ1) is 29.8. The Hall–Kier alpha value is -3.78. The zero-order chi connectivity index (χ0) is 28.4. The fourth-order valence-electron chi connectivity index (χ4n) is 4.13. The summed E-state index contributed by atoms with van der Waals surface area (Å²) in [6.07, 6.45) is -2.76. The number of hydrogen-bond acceptors (Lipinski definition) is 5. The molecule has 0 saturated carbocycles. The van der Waals surface area contributed by atoms with Crippen LogP contribution in [0.15, 0.2) is 72.8 Å². The van der Waals surface area contributed by atoms with E-state index in [0.29, 0.717) is 24.3 Å². The predicted molar refractivity (Wildman–Crippen MR) is 145 cm³/mol. The molecule has 0 aliphatic carbocycles. The molecule has 39 heavy (non-hydrogen) atoms. The SMILES string of the molecule is C=C(CO)C(=O)OCOc1ccc(-c2ccc(-c3ccc(CCCCC(F)(F)F)cc3)c(CC)c2)cc1OC. The number of halogens is 3. The van der Waals surface area contributed by atoms with Gasteiger partial charge in [-0.2, -0.15) is 13.2 Å². The Balaban J connectivity index is 1.70. The molecule has 5 nitrogen and oxygen atoms in total. The van der Waals surface area contributed by atoms with Gasteiger partial charge in [0.1, 0.15) is 0 Å². The average Bonchev–Trinajstić information content (AvgIpc) is 2.94. The number of carbonyl (C=O) groups is 1. The molecular weight excluding hydrogens is 509 g/mol. The molecule has 0 radical (unpaired) electrons. The molecular formula is C31H33F3O5. The second-order valence-electron chi connectivity index (χ2n) is 9.07. The number of aliphatic hydroxyl groups excluding tert-OH is 1. The van der Waals surface area contributed by atoms with Gasteiger partial charge in [-0.25, -0.2) is 4.79 Å². The first-order chi connectivity index (χ1) is 18.6. The highest BCUT2D eigenvalue weighted by Crippen LogP contribution is 2.35. The van der Waals surface area contributed by atoms with Crippen molar-refractivity contribution in [1.82, 2.24) is 0 Å². The van der Waals surface area contributed by atoms with Crippen LogP contribution in [0.25, 0.3) is 22.3 Å². The van der Waals surface area contributed by atoms with Gasteiger partial charge in [0.2, 0.25) is 6.79 Å². The Morgan fingerprint density at radius 2 is 1.59 bits per heavy atom. The van der Waals surface area contributed by atoms with E-state index in [1.54, 1.807) is 6.07 Å². The van der Waals surface area contributed by atoms with E-state index in [9.17, 15) is 18.0 Å². The minimum Gasteiger partial charge on any atom is -0.493 e. The number of aliphatic hydroxyl groups is 1. The molecule has 0 saturated heterocycles. The number of esters is 1. The molecule has 0 aliphatic rings. The topological polar surface area (TPSA) is 65.0 Å². The molecule has 0 unspecified atom stereocenters. The summed E-state index contributed by atoms with van der Waals surface area (Å²) in [5.41, 5.74) is 6.18. The van der Waals surface area contributed by atoms with E-state index in [0.717, 1.165) is 39.8 Å². The largest absolute Gasteiger partial charge is 0.493 e. The van der Waals surface area contributed by atoms with E-state index < -0.39 is 25.2 Å². The van der Waals surface area contributed by atoms with E-state index in [4.69, 9.17) is 19.3 Å². The molecule has 3 aromatic rings. The summed E-state index contributed by atoms with van der Waals surface area (Å²) in [4.78, 5) is 11.6. The second kappa shape index (κ2) is 13.8. The maximum absolute atomic E-state index is 12.4. The number of carbonyl (C=O) groups excluding carboxylic acids is 1. The average molecular weight is 543 g/mol. The van der Waals surface area contributed by atoms with Crippen LogP contribution >= 0.6 is 0 Å². The lowest BCUT2D eigenvalue weighted by atomic mass is 9.93. The van der Waals surface area contributed by atoms with E-state index in [-0.39, 0.29) is 18.8 Å². The van der Waals surface area contributed by atoms with Gasteiger partial charge < -0.3 is 19.3 Å². The van der Waals surface area contributed by atoms with Crippen molar-refractivity contribution in [3.63, 3.8) is 0 Å². The number of benzene rings is 3. The summed E-state index contributed by atoms with van der Waals surface area (Å²) < 4.78 is 53.0. The van der Waals surface area contributed by atoms with Gasteiger partial charge in [-0.3, -0.25) is 0 Å².